The Morgan fingerprint density at radius 3 is 1.43 bits per heavy atom. The molecule has 0 radical (unpaired) electrons. The van der Waals surface area contributed by atoms with Gasteiger partial charge in [-0.15, -0.1) is 0 Å². The third kappa shape index (κ3) is 31.6. The quantitative estimate of drug-likeness (QED) is 0.0307. The lowest BCUT2D eigenvalue weighted by atomic mass is 9.98. The summed E-state index contributed by atoms with van der Waals surface area (Å²) in [5, 5.41) is 61.0. The average molecular weight is 1020 g/mol. The van der Waals surface area contributed by atoms with Crippen molar-refractivity contribution in [2.45, 2.75) is 300 Å². The second-order valence-corrected chi connectivity index (χ2v) is 21.1. The van der Waals surface area contributed by atoms with Crippen LogP contribution in [-0.4, -0.2) is 115 Å². The van der Waals surface area contributed by atoms with E-state index in [1.807, 2.05) is 0 Å². The molecule has 0 spiro atoms. The molecule has 72 heavy (non-hydrogen) atoms. The molecule has 13 nitrogen and oxygen atoms in total. The number of ether oxygens (including phenoxy) is 5. The predicted molar refractivity (Wildman–Crippen MR) is 293 cm³/mol. The third-order valence-corrected chi connectivity index (χ3v) is 14.7. The van der Waals surface area contributed by atoms with Crippen molar-refractivity contribution in [3.05, 3.63) is 18.2 Å². The maximum absolute atomic E-state index is 12.7. The van der Waals surface area contributed by atoms with E-state index in [0.29, 0.717) is 30.2 Å². The summed E-state index contributed by atoms with van der Waals surface area (Å²) in [4.78, 5) is 12.7. The van der Waals surface area contributed by atoms with E-state index >= 15 is 0 Å². The third-order valence-electron chi connectivity index (χ3n) is 14.7. The Kier molecular flexibility index (Phi) is 41.2. The van der Waals surface area contributed by atoms with Gasteiger partial charge in [0.2, 0.25) is 0 Å². The van der Waals surface area contributed by atoms with Crippen molar-refractivity contribution in [2.75, 3.05) is 39.3 Å². The number of unbranched alkanes of at least 4 members (excludes halogenated alkanes) is 34. The Hall–Kier alpha value is -2.23. The highest BCUT2D eigenvalue weighted by atomic mass is 16.7. The highest BCUT2D eigenvalue weighted by molar-refractivity contribution is 5.87. The van der Waals surface area contributed by atoms with E-state index in [9.17, 15) is 30.3 Å². The number of aliphatic hydroxyl groups excluding tert-OH is 5. The molecule has 0 aliphatic carbocycles. The summed E-state index contributed by atoms with van der Waals surface area (Å²) in [6.45, 7) is 4.53. The minimum atomic E-state index is -1.66. The molecule has 0 bridgehead atoms. The van der Waals surface area contributed by atoms with Crippen molar-refractivity contribution in [3.63, 3.8) is 0 Å². The minimum Gasteiger partial charge on any atom is -0.497 e. The van der Waals surface area contributed by atoms with Crippen molar-refractivity contribution in [3.8, 4) is 11.5 Å². The van der Waals surface area contributed by atoms with Gasteiger partial charge >= 0.3 is 6.09 Å². The number of hydrogen-bond donors (Lipinski definition) is 7. The van der Waals surface area contributed by atoms with E-state index in [1.54, 1.807) is 18.2 Å². The number of methoxy groups -OCH3 is 2. The van der Waals surface area contributed by atoms with Gasteiger partial charge < -0.3 is 54.5 Å². The number of nitrogens with one attached hydrogen (secondary N) is 2. The van der Waals surface area contributed by atoms with Gasteiger partial charge in [0.25, 0.3) is 0 Å². The smallest absolute Gasteiger partial charge is 0.411 e. The van der Waals surface area contributed by atoms with E-state index in [2.05, 4.69) is 24.5 Å². The number of aliphatic hydroxyl groups is 5. The summed E-state index contributed by atoms with van der Waals surface area (Å²) < 4.78 is 27.7. The minimum absolute atomic E-state index is 0.147. The van der Waals surface area contributed by atoms with Crippen LogP contribution >= 0.6 is 0 Å². The van der Waals surface area contributed by atoms with Gasteiger partial charge in [0, 0.05) is 6.07 Å². The van der Waals surface area contributed by atoms with Gasteiger partial charge in [0.15, 0.2) is 6.29 Å². The Labute approximate surface area is 439 Å². The average Bonchev–Trinajstić information content (AvgIpc) is 3.39. The Morgan fingerprint density at radius 1 is 0.569 bits per heavy atom. The lowest BCUT2D eigenvalue weighted by Gasteiger charge is -2.40. The fraction of sp³-hybridized carbons (Fsp3) is 0.881. The van der Waals surface area contributed by atoms with Crippen LogP contribution in [0.1, 0.15) is 251 Å². The normalized spacial score (nSPS) is 19.3. The molecule has 0 unspecified atom stereocenters. The lowest BCUT2D eigenvalue weighted by molar-refractivity contribution is -0.302. The van der Waals surface area contributed by atoms with Gasteiger partial charge in [0.05, 0.1) is 44.8 Å². The zero-order valence-corrected chi connectivity index (χ0v) is 46.3. The van der Waals surface area contributed by atoms with Gasteiger partial charge in [-0.25, -0.2) is 4.79 Å². The molecule has 1 aliphatic rings. The second-order valence-electron chi connectivity index (χ2n) is 21.1. The van der Waals surface area contributed by atoms with Crippen LogP contribution in [0.4, 0.5) is 10.5 Å². The summed E-state index contributed by atoms with van der Waals surface area (Å²) in [6.07, 6.45) is 36.5. The van der Waals surface area contributed by atoms with Crippen molar-refractivity contribution < 1.29 is 54.0 Å². The topological polar surface area (TPSA) is 188 Å². The molecule has 0 saturated carbocycles. The molecule has 1 fully saturated rings. The van der Waals surface area contributed by atoms with Crippen LogP contribution in [0.2, 0.25) is 0 Å². The molecule has 7 N–H and O–H groups in total. The van der Waals surface area contributed by atoms with Crippen LogP contribution in [0, 0.1) is 0 Å². The summed E-state index contributed by atoms with van der Waals surface area (Å²) in [6, 6.07) is 4.15. The van der Waals surface area contributed by atoms with Crippen LogP contribution in [0.25, 0.3) is 0 Å². The monoisotopic (exact) mass is 1020 g/mol. The molecule has 8 atom stereocenters. The van der Waals surface area contributed by atoms with Crippen molar-refractivity contribution in [1.82, 2.24) is 5.32 Å². The molecule has 0 aromatic heterocycles. The van der Waals surface area contributed by atoms with Crippen LogP contribution in [0.3, 0.4) is 0 Å². The molecule has 1 saturated heterocycles. The van der Waals surface area contributed by atoms with Crippen molar-refractivity contribution >= 4 is 11.8 Å². The molecule has 1 heterocycles. The van der Waals surface area contributed by atoms with Crippen LogP contribution in [0.15, 0.2) is 18.2 Å². The number of carbonyl (C=O) groups excluding carboxylic acids is 1. The fourth-order valence-corrected chi connectivity index (χ4v) is 9.88. The zero-order chi connectivity index (χ0) is 52.3. The molecule has 1 aromatic rings. The molecular formula is C59H110N2O11. The SMILES string of the molecule is CCCCCCCCCCCCCCCCCCCCCCCCCCN[C@@H](CO[C@H]1O[C@H](COC(=O)Nc2ccc(OC)cc2OC)[C@H](O)[C@H](O)[C@H]1O)[C@H](O)[C@H](O)CCCCCCCCCCCCCC. The molecule has 2 rings (SSSR count). The summed E-state index contributed by atoms with van der Waals surface area (Å²) in [7, 11) is 2.97. The van der Waals surface area contributed by atoms with Crippen LogP contribution in [0.5, 0.6) is 11.5 Å². The molecule has 1 aliphatic heterocycles. The van der Waals surface area contributed by atoms with Crippen molar-refractivity contribution in [2.24, 2.45) is 0 Å². The zero-order valence-electron chi connectivity index (χ0n) is 46.3. The Balaban J connectivity index is 1.73. The molecule has 1 aromatic carbocycles. The van der Waals surface area contributed by atoms with E-state index in [-0.39, 0.29) is 6.61 Å². The number of rotatable bonds is 49. The number of hydrogen-bond acceptors (Lipinski definition) is 12. The predicted octanol–water partition coefficient (Wildman–Crippen LogP) is 13.2. The molecular weight excluding hydrogens is 913 g/mol. The van der Waals surface area contributed by atoms with E-state index in [0.717, 1.165) is 38.5 Å². The van der Waals surface area contributed by atoms with E-state index < -0.39 is 61.7 Å². The summed E-state index contributed by atoms with van der Waals surface area (Å²) in [5.74, 6) is 0.881. The number of carbonyl (C=O) groups is 1. The van der Waals surface area contributed by atoms with Gasteiger partial charge in [-0.2, -0.15) is 0 Å². The van der Waals surface area contributed by atoms with Crippen molar-refractivity contribution in [1.29, 1.82) is 0 Å². The van der Waals surface area contributed by atoms with Gasteiger partial charge in [-0.3, -0.25) is 5.32 Å². The van der Waals surface area contributed by atoms with Gasteiger partial charge in [-0.1, -0.05) is 239 Å². The number of amides is 1. The van der Waals surface area contributed by atoms with E-state index in [1.165, 1.54) is 207 Å². The summed E-state index contributed by atoms with van der Waals surface area (Å²) >= 11 is 0. The lowest BCUT2D eigenvalue weighted by Crippen LogP contribution is -2.60. The van der Waals surface area contributed by atoms with Gasteiger partial charge in [0.1, 0.15) is 42.5 Å². The van der Waals surface area contributed by atoms with E-state index in [4.69, 9.17) is 23.7 Å². The number of anilines is 1. The van der Waals surface area contributed by atoms with Crippen LogP contribution in [-0.2, 0) is 14.2 Å². The molecule has 422 valence electrons. The summed E-state index contributed by atoms with van der Waals surface area (Å²) in [5.41, 5.74) is 0.328. The standard InChI is InChI=1S/C59H110N2O11/c1-5-7-9-11-13-15-17-19-20-21-22-23-24-25-26-27-28-29-30-32-34-36-38-40-44-60-50(54(63)51(62)41-39-37-35-33-31-18-16-14-12-10-8-6-2)46-70-58-57(66)56(65)55(64)53(72-58)47-71-59(67)61-49-43-42-48(68-3)45-52(49)69-4/h42-43,45,50-51,53-58,60,62-66H,5-41,44,46-47H2,1-4H3,(H,61,67)/t50-,51+,53+,54-,55-,56-,57+,58-/m0/s1. The largest absolute Gasteiger partial charge is 0.497 e. The number of benzene rings is 1. The maximum atomic E-state index is 12.7. The first-order valence-corrected chi connectivity index (χ1v) is 29.7. The maximum Gasteiger partial charge on any atom is 0.411 e. The Morgan fingerprint density at radius 2 is 1.00 bits per heavy atom. The molecule has 1 amide bonds. The highest BCUT2D eigenvalue weighted by Crippen LogP contribution is 2.30. The first kappa shape index (κ1) is 65.9. The highest BCUT2D eigenvalue weighted by Gasteiger charge is 2.45. The van der Waals surface area contributed by atoms with Gasteiger partial charge in [-0.05, 0) is 31.5 Å². The Bertz CT molecular complexity index is 1390. The first-order valence-electron chi connectivity index (χ1n) is 29.7. The van der Waals surface area contributed by atoms with Crippen LogP contribution < -0.4 is 20.1 Å². The molecule has 13 heteroatoms. The fourth-order valence-electron chi connectivity index (χ4n) is 9.88. The first-order chi connectivity index (χ1) is 35.2. The second kappa shape index (κ2) is 45.0.